The highest BCUT2D eigenvalue weighted by atomic mass is 16.4. The van der Waals surface area contributed by atoms with Crippen LogP contribution in [0.4, 0.5) is 11.4 Å². The summed E-state index contributed by atoms with van der Waals surface area (Å²) in [5, 5.41) is 23.8. The van der Waals surface area contributed by atoms with E-state index in [0.29, 0.717) is 5.69 Å². The fourth-order valence-corrected chi connectivity index (χ4v) is 2.33. The molecule has 0 saturated carbocycles. The number of carboxylic acid groups (broad SMARTS) is 1. The molecule has 1 heterocycles. The Morgan fingerprint density at radius 3 is 2.26 bits per heavy atom. The molecule has 8 nitrogen and oxygen atoms in total. The number of amides is 2. The Morgan fingerprint density at radius 2 is 1.59 bits per heavy atom. The highest BCUT2D eigenvalue weighted by Gasteiger charge is 2.13. The Bertz CT molecular complexity index is 1010. The molecule has 0 spiro atoms. The molecular formula is C19H14N2O6. The van der Waals surface area contributed by atoms with Gasteiger partial charge in [-0.2, -0.15) is 0 Å². The average molecular weight is 366 g/mol. The lowest BCUT2D eigenvalue weighted by molar-refractivity contribution is 0.0693. The van der Waals surface area contributed by atoms with Gasteiger partial charge in [0.05, 0.1) is 6.26 Å². The number of phenols is 1. The van der Waals surface area contributed by atoms with Crippen LogP contribution in [0.1, 0.15) is 31.3 Å². The Kier molecular flexibility index (Phi) is 4.89. The summed E-state index contributed by atoms with van der Waals surface area (Å²) in [6.07, 6.45) is 1.38. The molecule has 1 aromatic heterocycles. The summed E-state index contributed by atoms with van der Waals surface area (Å²) >= 11 is 0. The van der Waals surface area contributed by atoms with Gasteiger partial charge in [0.15, 0.2) is 5.76 Å². The number of carbonyl (C=O) groups excluding carboxylic acids is 2. The van der Waals surface area contributed by atoms with Gasteiger partial charge in [-0.25, -0.2) is 4.79 Å². The summed E-state index contributed by atoms with van der Waals surface area (Å²) < 4.78 is 5.01. The van der Waals surface area contributed by atoms with Crippen LogP contribution in [-0.4, -0.2) is 28.0 Å². The van der Waals surface area contributed by atoms with Gasteiger partial charge in [0, 0.05) is 23.0 Å². The smallest absolute Gasteiger partial charge is 0.339 e. The molecule has 8 heteroatoms. The van der Waals surface area contributed by atoms with Crippen molar-refractivity contribution >= 4 is 29.2 Å². The lowest BCUT2D eigenvalue weighted by atomic mass is 10.1. The molecule has 3 aromatic rings. The zero-order valence-corrected chi connectivity index (χ0v) is 13.8. The van der Waals surface area contributed by atoms with Crippen molar-refractivity contribution in [3.63, 3.8) is 0 Å². The zero-order chi connectivity index (χ0) is 19.4. The lowest BCUT2D eigenvalue weighted by Gasteiger charge is -2.09. The minimum Gasteiger partial charge on any atom is -0.507 e. The number of hydrogen-bond acceptors (Lipinski definition) is 5. The third-order valence-corrected chi connectivity index (χ3v) is 3.61. The van der Waals surface area contributed by atoms with Gasteiger partial charge in [0.1, 0.15) is 11.3 Å². The standard InChI is InChI=1S/C19H14N2O6/c22-15-10-13(6-7-14(15)19(25)26)20-17(23)11-3-1-4-12(9-11)21-18(24)16-5-2-8-27-16/h1-10,22H,(H,20,23)(H,21,24)(H,25,26). The molecule has 2 amide bonds. The highest BCUT2D eigenvalue weighted by molar-refractivity contribution is 6.07. The van der Waals surface area contributed by atoms with Gasteiger partial charge in [-0.1, -0.05) is 6.07 Å². The Morgan fingerprint density at radius 1 is 0.852 bits per heavy atom. The second-order valence-electron chi connectivity index (χ2n) is 5.50. The third kappa shape index (κ3) is 4.13. The molecule has 0 aliphatic rings. The molecule has 0 fully saturated rings. The van der Waals surface area contributed by atoms with Crippen molar-refractivity contribution < 1.29 is 29.0 Å². The van der Waals surface area contributed by atoms with E-state index in [9.17, 15) is 19.5 Å². The van der Waals surface area contributed by atoms with E-state index in [1.165, 1.54) is 30.5 Å². The Labute approximate surface area is 153 Å². The molecule has 0 bridgehead atoms. The van der Waals surface area contributed by atoms with Crippen molar-refractivity contribution in [2.24, 2.45) is 0 Å². The number of nitrogens with one attached hydrogen (secondary N) is 2. The van der Waals surface area contributed by atoms with E-state index in [2.05, 4.69) is 10.6 Å². The molecule has 2 aromatic carbocycles. The van der Waals surface area contributed by atoms with E-state index in [0.717, 1.165) is 6.07 Å². The van der Waals surface area contributed by atoms with Crippen LogP contribution in [0.3, 0.4) is 0 Å². The molecule has 0 saturated heterocycles. The van der Waals surface area contributed by atoms with Crippen molar-refractivity contribution in [1.29, 1.82) is 0 Å². The molecule has 136 valence electrons. The first-order chi connectivity index (χ1) is 12.9. The van der Waals surface area contributed by atoms with Crippen molar-refractivity contribution in [3.8, 4) is 5.75 Å². The zero-order valence-electron chi connectivity index (χ0n) is 13.8. The summed E-state index contributed by atoms with van der Waals surface area (Å²) in [5.41, 5.74) is 0.616. The van der Waals surface area contributed by atoms with Gasteiger partial charge < -0.3 is 25.3 Å². The summed E-state index contributed by atoms with van der Waals surface area (Å²) in [4.78, 5) is 35.3. The second-order valence-corrected chi connectivity index (χ2v) is 5.50. The maximum atomic E-state index is 12.4. The van der Waals surface area contributed by atoms with Crippen LogP contribution in [0.15, 0.2) is 65.3 Å². The molecular weight excluding hydrogens is 352 g/mol. The number of carboxylic acids is 1. The first-order valence-electron chi connectivity index (χ1n) is 7.76. The van der Waals surface area contributed by atoms with Gasteiger partial charge in [-0.05, 0) is 42.5 Å². The van der Waals surface area contributed by atoms with Crippen LogP contribution in [0.5, 0.6) is 5.75 Å². The first-order valence-corrected chi connectivity index (χ1v) is 7.76. The summed E-state index contributed by atoms with van der Waals surface area (Å²) in [7, 11) is 0. The predicted octanol–water partition coefficient (Wildman–Crippen LogP) is 3.19. The Balaban J connectivity index is 1.73. The highest BCUT2D eigenvalue weighted by Crippen LogP contribution is 2.23. The molecule has 0 aliphatic heterocycles. The van der Waals surface area contributed by atoms with Crippen molar-refractivity contribution in [2.75, 3.05) is 10.6 Å². The largest absolute Gasteiger partial charge is 0.507 e. The number of carbonyl (C=O) groups is 3. The van der Waals surface area contributed by atoms with Crippen molar-refractivity contribution in [3.05, 3.63) is 77.7 Å². The number of hydrogen-bond donors (Lipinski definition) is 4. The van der Waals surface area contributed by atoms with E-state index in [1.54, 1.807) is 24.3 Å². The first kappa shape index (κ1) is 17.7. The second kappa shape index (κ2) is 7.44. The Hall–Kier alpha value is -4.07. The lowest BCUT2D eigenvalue weighted by Crippen LogP contribution is -2.14. The summed E-state index contributed by atoms with van der Waals surface area (Å²) in [6, 6.07) is 13.0. The fourth-order valence-electron chi connectivity index (χ4n) is 2.33. The minimum absolute atomic E-state index is 0.138. The van der Waals surface area contributed by atoms with E-state index >= 15 is 0 Å². The van der Waals surface area contributed by atoms with Gasteiger partial charge in [0.2, 0.25) is 0 Å². The number of benzene rings is 2. The topological polar surface area (TPSA) is 129 Å². The summed E-state index contributed by atoms with van der Waals surface area (Å²) in [5.74, 6) is -2.54. The maximum absolute atomic E-state index is 12.4. The quantitative estimate of drug-likeness (QED) is 0.549. The molecule has 0 atom stereocenters. The van der Waals surface area contributed by atoms with Crippen molar-refractivity contribution in [1.82, 2.24) is 0 Å². The van der Waals surface area contributed by atoms with Crippen LogP contribution in [-0.2, 0) is 0 Å². The molecule has 0 radical (unpaired) electrons. The maximum Gasteiger partial charge on any atom is 0.339 e. The molecule has 0 unspecified atom stereocenters. The van der Waals surface area contributed by atoms with E-state index in [4.69, 9.17) is 9.52 Å². The molecule has 0 aliphatic carbocycles. The minimum atomic E-state index is -1.27. The average Bonchev–Trinajstić information content (AvgIpc) is 3.16. The number of aromatic hydroxyl groups is 1. The van der Waals surface area contributed by atoms with Gasteiger partial charge in [0.25, 0.3) is 11.8 Å². The van der Waals surface area contributed by atoms with Crippen molar-refractivity contribution in [2.45, 2.75) is 0 Å². The van der Waals surface area contributed by atoms with E-state index in [-0.39, 0.29) is 22.6 Å². The predicted molar refractivity (Wildman–Crippen MR) is 96.1 cm³/mol. The SMILES string of the molecule is O=C(Nc1ccc(C(=O)O)c(O)c1)c1cccc(NC(=O)c2ccco2)c1. The number of furan rings is 1. The monoisotopic (exact) mass is 366 g/mol. The molecule has 4 N–H and O–H groups in total. The summed E-state index contributed by atoms with van der Waals surface area (Å²) in [6.45, 7) is 0. The number of aromatic carboxylic acids is 1. The normalized spacial score (nSPS) is 10.2. The van der Waals surface area contributed by atoms with Gasteiger partial charge >= 0.3 is 5.97 Å². The van der Waals surface area contributed by atoms with E-state index in [1.807, 2.05) is 0 Å². The van der Waals surface area contributed by atoms with Crippen LogP contribution in [0.2, 0.25) is 0 Å². The third-order valence-electron chi connectivity index (χ3n) is 3.61. The molecule has 27 heavy (non-hydrogen) atoms. The van der Waals surface area contributed by atoms with Gasteiger partial charge in [-0.15, -0.1) is 0 Å². The fraction of sp³-hybridized carbons (Fsp3) is 0. The number of anilines is 2. The number of rotatable bonds is 5. The van der Waals surface area contributed by atoms with Crippen LogP contribution in [0, 0.1) is 0 Å². The molecule has 3 rings (SSSR count). The van der Waals surface area contributed by atoms with E-state index < -0.39 is 23.5 Å². The van der Waals surface area contributed by atoms with Crippen LogP contribution >= 0.6 is 0 Å². The van der Waals surface area contributed by atoms with Gasteiger partial charge in [-0.3, -0.25) is 9.59 Å². The van der Waals surface area contributed by atoms with Crippen LogP contribution < -0.4 is 10.6 Å². The van der Waals surface area contributed by atoms with Crippen LogP contribution in [0.25, 0.3) is 0 Å².